The minimum absolute atomic E-state index is 0.0997. The van der Waals surface area contributed by atoms with E-state index in [0.29, 0.717) is 23.8 Å². The standard InChI is InChI=1S/C14H20FN3O/c1-10-3-4-12(7-13(10)15)17-14(19)9-18-6-5-16-11(2)8-18/h3-4,7,11,16H,5-6,8-9H2,1-2H3,(H,17,19)/t11-/m1/s1. The number of rotatable bonds is 3. The number of anilines is 1. The van der Waals surface area contributed by atoms with Crippen molar-refractivity contribution < 1.29 is 9.18 Å². The smallest absolute Gasteiger partial charge is 0.238 e. The lowest BCUT2D eigenvalue weighted by Gasteiger charge is -2.31. The second-order valence-corrected chi connectivity index (χ2v) is 5.10. The molecule has 0 radical (unpaired) electrons. The van der Waals surface area contributed by atoms with Crippen LogP contribution in [-0.4, -0.2) is 43.0 Å². The van der Waals surface area contributed by atoms with Crippen molar-refractivity contribution in [3.63, 3.8) is 0 Å². The fraction of sp³-hybridized carbons (Fsp3) is 0.500. The highest BCUT2D eigenvalue weighted by Gasteiger charge is 2.17. The van der Waals surface area contributed by atoms with Gasteiger partial charge in [0.2, 0.25) is 5.91 Å². The average Bonchev–Trinajstić information content (AvgIpc) is 2.34. The van der Waals surface area contributed by atoms with Gasteiger partial charge in [-0.3, -0.25) is 9.69 Å². The number of aryl methyl sites for hydroxylation is 1. The van der Waals surface area contributed by atoms with Crippen molar-refractivity contribution in [2.45, 2.75) is 19.9 Å². The maximum absolute atomic E-state index is 13.4. The molecule has 1 aromatic rings. The number of amides is 1. The molecule has 104 valence electrons. The molecule has 5 heteroatoms. The minimum atomic E-state index is -0.298. The Kier molecular flexibility index (Phi) is 4.50. The molecule has 1 amide bonds. The number of hydrogen-bond acceptors (Lipinski definition) is 3. The molecule has 1 heterocycles. The van der Waals surface area contributed by atoms with E-state index < -0.39 is 0 Å². The first-order valence-electron chi connectivity index (χ1n) is 6.56. The number of nitrogens with zero attached hydrogens (tertiary/aromatic N) is 1. The van der Waals surface area contributed by atoms with Gasteiger partial charge in [-0.15, -0.1) is 0 Å². The summed E-state index contributed by atoms with van der Waals surface area (Å²) in [6, 6.07) is 5.14. The summed E-state index contributed by atoms with van der Waals surface area (Å²) in [6.45, 7) is 6.76. The van der Waals surface area contributed by atoms with Crippen molar-refractivity contribution in [1.82, 2.24) is 10.2 Å². The Bertz CT molecular complexity index is 464. The molecule has 2 rings (SSSR count). The molecule has 2 N–H and O–H groups in total. The summed E-state index contributed by atoms with van der Waals surface area (Å²) in [5.74, 6) is -0.397. The summed E-state index contributed by atoms with van der Waals surface area (Å²) in [5, 5.41) is 6.06. The number of piperazine rings is 1. The Morgan fingerprint density at radius 2 is 2.37 bits per heavy atom. The molecule has 0 bridgehead atoms. The van der Waals surface area contributed by atoms with Crippen LogP contribution in [-0.2, 0) is 4.79 Å². The van der Waals surface area contributed by atoms with E-state index in [9.17, 15) is 9.18 Å². The van der Waals surface area contributed by atoms with Crippen LogP contribution in [0.25, 0.3) is 0 Å². The largest absolute Gasteiger partial charge is 0.325 e. The monoisotopic (exact) mass is 265 g/mol. The van der Waals surface area contributed by atoms with Crippen LogP contribution in [0.5, 0.6) is 0 Å². The number of carbonyl (C=O) groups is 1. The molecule has 0 saturated carbocycles. The van der Waals surface area contributed by atoms with Crippen LogP contribution in [0.15, 0.2) is 18.2 Å². The zero-order chi connectivity index (χ0) is 13.8. The molecule has 1 aliphatic rings. The van der Waals surface area contributed by atoms with E-state index >= 15 is 0 Å². The molecule has 1 fully saturated rings. The number of nitrogens with one attached hydrogen (secondary N) is 2. The van der Waals surface area contributed by atoms with E-state index in [1.807, 2.05) is 0 Å². The van der Waals surface area contributed by atoms with E-state index in [2.05, 4.69) is 22.5 Å². The van der Waals surface area contributed by atoms with Crippen LogP contribution >= 0.6 is 0 Å². The van der Waals surface area contributed by atoms with Gasteiger partial charge in [0, 0.05) is 31.4 Å². The van der Waals surface area contributed by atoms with Crippen LogP contribution in [0.1, 0.15) is 12.5 Å². The number of benzene rings is 1. The Morgan fingerprint density at radius 1 is 1.58 bits per heavy atom. The second-order valence-electron chi connectivity index (χ2n) is 5.10. The number of carbonyl (C=O) groups excluding carboxylic acids is 1. The fourth-order valence-corrected chi connectivity index (χ4v) is 2.23. The van der Waals surface area contributed by atoms with Crippen LogP contribution in [0.2, 0.25) is 0 Å². The minimum Gasteiger partial charge on any atom is -0.325 e. The van der Waals surface area contributed by atoms with E-state index in [1.165, 1.54) is 6.07 Å². The SMILES string of the molecule is Cc1ccc(NC(=O)CN2CCN[C@H](C)C2)cc1F. The van der Waals surface area contributed by atoms with Crippen molar-refractivity contribution in [1.29, 1.82) is 0 Å². The van der Waals surface area contributed by atoms with Crippen molar-refractivity contribution >= 4 is 11.6 Å². The molecule has 0 unspecified atom stereocenters. The number of hydrogen-bond donors (Lipinski definition) is 2. The highest BCUT2D eigenvalue weighted by atomic mass is 19.1. The Labute approximate surface area is 113 Å². The molecular weight excluding hydrogens is 245 g/mol. The normalized spacial score (nSPS) is 20.3. The second kappa shape index (κ2) is 6.12. The van der Waals surface area contributed by atoms with Crippen molar-refractivity contribution in [2.75, 3.05) is 31.5 Å². The lowest BCUT2D eigenvalue weighted by Crippen LogP contribution is -2.51. The van der Waals surface area contributed by atoms with Gasteiger partial charge < -0.3 is 10.6 Å². The summed E-state index contributed by atoms with van der Waals surface area (Å²) in [5.41, 5.74) is 1.09. The van der Waals surface area contributed by atoms with Gasteiger partial charge >= 0.3 is 0 Å². The van der Waals surface area contributed by atoms with Crippen molar-refractivity contribution in [3.8, 4) is 0 Å². The highest BCUT2D eigenvalue weighted by molar-refractivity contribution is 5.92. The van der Waals surface area contributed by atoms with Crippen molar-refractivity contribution in [2.24, 2.45) is 0 Å². The predicted molar refractivity (Wildman–Crippen MR) is 73.7 cm³/mol. The molecule has 1 aromatic carbocycles. The van der Waals surface area contributed by atoms with Crippen LogP contribution in [0.4, 0.5) is 10.1 Å². The summed E-state index contributed by atoms with van der Waals surface area (Å²) < 4.78 is 13.4. The zero-order valence-electron chi connectivity index (χ0n) is 11.4. The third-order valence-corrected chi connectivity index (χ3v) is 3.28. The van der Waals surface area contributed by atoms with Gasteiger partial charge in [0.1, 0.15) is 5.82 Å². The van der Waals surface area contributed by atoms with E-state index in [-0.39, 0.29) is 11.7 Å². The van der Waals surface area contributed by atoms with Crippen LogP contribution in [0.3, 0.4) is 0 Å². The highest BCUT2D eigenvalue weighted by Crippen LogP contribution is 2.13. The third-order valence-electron chi connectivity index (χ3n) is 3.28. The number of halogens is 1. The van der Waals surface area contributed by atoms with Gasteiger partial charge in [-0.05, 0) is 31.5 Å². The van der Waals surface area contributed by atoms with Gasteiger partial charge in [-0.25, -0.2) is 4.39 Å². The first kappa shape index (κ1) is 14.0. The summed E-state index contributed by atoms with van der Waals surface area (Å²) in [6.07, 6.45) is 0. The predicted octanol–water partition coefficient (Wildman–Crippen LogP) is 1.37. The van der Waals surface area contributed by atoms with Gasteiger partial charge in [-0.1, -0.05) is 6.07 Å². The molecule has 0 spiro atoms. The Hall–Kier alpha value is -1.46. The molecule has 19 heavy (non-hydrogen) atoms. The molecule has 1 saturated heterocycles. The van der Waals surface area contributed by atoms with Crippen LogP contribution in [0, 0.1) is 12.7 Å². The van der Waals surface area contributed by atoms with E-state index in [1.54, 1.807) is 19.1 Å². The first-order chi connectivity index (χ1) is 9.04. The summed E-state index contributed by atoms with van der Waals surface area (Å²) in [7, 11) is 0. The fourth-order valence-electron chi connectivity index (χ4n) is 2.23. The third kappa shape index (κ3) is 4.01. The van der Waals surface area contributed by atoms with E-state index in [0.717, 1.165) is 19.6 Å². The zero-order valence-corrected chi connectivity index (χ0v) is 11.4. The average molecular weight is 265 g/mol. The summed E-state index contributed by atoms with van der Waals surface area (Å²) in [4.78, 5) is 14.0. The quantitative estimate of drug-likeness (QED) is 0.867. The van der Waals surface area contributed by atoms with Gasteiger partial charge in [0.05, 0.1) is 6.54 Å². The lowest BCUT2D eigenvalue weighted by molar-refractivity contribution is -0.117. The Balaban J connectivity index is 1.88. The molecule has 1 atom stereocenters. The maximum Gasteiger partial charge on any atom is 0.238 e. The van der Waals surface area contributed by atoms with Gasteiger partial charge in [0.25, 0.3) is 0 Å². The summed E-state index contributed by atoms with van der Waals surface area (Å²) >= 11 is 0. The Morgan fingerprint density at radius 3 is 3.05 bits per heavy atom. The van der Waals surface area contributed by atoms with Crippen molar-refractivity contribution in [3.05, 3.63) is 29.6 Å². The van der Waals surface area contributed by atoms with Crippen LogP contribution < -0.4 is 10.6 Å². The lowest BCUT2D eigenvalue weighted by atomic mass is 10.2. The maximum atomic E-state index is 13.4. The van der Waals surface area contributed by atoms with Gasteiger partial charge in [0.15, 0.2) is 0 Å². The molecule has 0 aromatic heterocycles. The topological polar surface area (TPSA) is 44.4 Å². The van der Waals surface area contributed by atoms with E-state index in [4.69, 9.17) is 0 Å². The first-order valence-corrected chi connectivity index (χ1v) is 6.56. The molecule has 1 aliphatic heterocycles. The van der Waals surface area contributed by atoms with Gasteiger partial charge in [-0.2, -0.15) is 0 Å². The molecule has 4 nitrogen and oxygen atoms in total. The molecule has 0 aliphatic carbocycles. The molecular formula is C14H20FN3O.